The number of likely N-dealkylation sites (N-methyl/N-ethyl adjacent to an activating group) is 1. The number of rotatable bonds is 6. The molecular weight excluding hydrogens is 228 g/mol. The van der Waals surface area contributed by atoms with Gasteiger partial charge in [0.05, 0.1) is 6.61 Å². The summed E-state index contributed by atoms with van der Waals surface area (Å²) in [5.41, 5.74) is 1.07. The summed E-state index contributed by atoms with van der Waals surface area (Å²) in [4.78, 5) is 11.3. The molecule has 1 heterocycles. The maximum Gasteiger partial charge on any atom is 0.137 e. The van der Waals surface area contributed by atoms with Gasteiger partial charge >= 0.3 is 0 Å². The lowest BCUT2D eigenvalue weighted by molar-refractivity contribution is 0.206. The summed E-state index contributed by atoms with van der Waals surface area (Å²) < 4.78 is 5.11. The predicted molar refractivity (Wildman–Crippen MR) is 75.6 cm³/mol. The number of ether oxygens (including phenoxy) is 1. The Bertz CT molecular complexity index is 393. The van der Waals surface area contributed by atoms with Crippen molar-refractivity contribution in [1.29, 1.82) is 0 Å². The normalized spacial score (nSPS) is 10.8. The Morgan fingerprint density at radius 2 is 2.00 bits per heavy atom. The van der Waals surface area contributed by atoms with Crippen LogP contribution in [0.15, 0.2) is 0 Å². The molecule has 0 unspecified atom stereocenters. The molecule has 0 saturated carbocycles. The molecule has 1 rings (SSSR count). The van der Waals surface area contributed by atoms with Crippen LogP contribution in [0.1, 0.15) is 31.2 Å². The first-order chi connectivity index (χ1) is 8.51. The number of hydrogen-bond donors (Lipinski definition) is 1. The van der Waals surface area contributed by atoms with E-state index >= 15 is 0 Å². The fraction of sp³-hybridized carbons (Fsp3) is 0.692. The highest BCUT2D eigenvalue weighted by molar-refractivity contribution is 5.58. The second-order valence-corrected chi connectivity index (χ2v) is 4.70. The molecule has 102 valence electrons. The van der Waals surface area contributed by atoms with Crippen molar-refractivity contribution in [2.24, 2.45) is 0 Å². The molecule has 1 aromatic rings. The molecule has 0 aliphatic heterocycles. The number of hydrogen-bond acceptors (Lipinski definition) is 5. The van der Waals surface area contributed by atoms with E-state index in [9.17, 15) is 0 Å². The van der Waals surface area contributed by atoms with Crippen LogP contribution in [0.3, 0.4) is 0 Å². The maximum atomic E-state index is 5.11. The van der Waals surface area contributed by atoms with Gasteiger partial charge in [0, 0.05) is 39.2 Å². The van der Waals surface area contributed by atoms with Crippen LogP contribution in [0.2, 0.25) is 0 Å². The highest BCUT2D eigenvalue weighted by Crippen LogP contribution is 2.24. The Hall–Kier alpha value is -1.36. The van der Waals surface area contributed by atoms with Crippen molar-refractivity contribution in [2.45, 2.75) is 26.7 Å². The van der Waals surface area contributed by atoms with E-state index in [1.165, 1.54) is 0 Å². The second kappa shape index (κ2) is 6.54. The average molecular weight is 252 g/mol. The van der Waals surface area contributed by atoms with Gasteiger partial charge < -0.3 is 15.0 Å². The van der Waals surface area contributed by atoms with Crippen LogP contribution in [0.5, 0.6) is 0 Å². The molecule has 1 N–H and O–H groups in total. The zero-order valence-electron chi connectivity index (χ0n) is 12.2. The van der Waals surface area contributed by atoms with Crippen molar-refractivity contribution in [3.8, 4) is 0 Å². The number of anilines is 2. The van der Waals surface area contributed by atoms with Crippen molar-refractivity contribution in [1.82, 2.24) is 9.97 Å². The van der Waals surface area contributed by atoms with Crippen molar-refractivity contribution >= 4 is 11.6 Å². The van der Waals surface area contributed by atoms with Crippen molar-refractivity contribution in [3.05, 3.63) is 11.4 Å². The molecule has 0 bridgehead atoms. The van der Waals surface area contributed by atoms with Gasteiger partial charge in [-0.15, -0.1) is 0 Å². The van der Waals surface area contributed by atoms with E-state index in [2.05, 4.69) is 34.0 Å². The Balaban J connectivity index is 3.11. The molecule has 0 fully saturated rings. The molecule has 1 aromatic heterocycles. The van der Waals surface area contributed by atoms with Gasteiger partial charge in [-0.1, -0.05) is 13.8 Å². The van der Waals surface area contributed by atoms with Crippen molar-refractivity contribution < 1.29 is 4.74 Å². The molecule has 0 aromatic carbocycles. The van der Waals surface area contributed by atoms with Crippen LogP contribution in [0.25, 0.3) is 0 Å². The number of aromatic nitrogens is 2. The van der Waals surface area contributed by atoms with E-state index < -0.39 is 0 Å². The van der Waals surface area contributed by atoms with Gasteiger partial charge in [-0.2, -0.15) is 0 Å². The van der Waals surface area contributed by atoms with Crippen LogP contribution < -0.4 is 10.2 Å². The smallest absolute Gasteiger partial charge is 0.137 e. The maximum absolute atomic E-state index is 5.11. The predicted octanol–water partition coefficient (Wildman–Crippen LogP) is 2.03. The van der Waals surface area contributed by atoms with Crippen LogP contribution in [-0.2, 0) is 4.74 Å². The topological polar surface area (TPSA) is 50.3 Å². The third-order valence-electron chi connectivity index (χ3n) is 2.88. The zero-order chi connectivity index (χ0) is 13.7. The van der Waals surface area contributed by atoms with E-state index in [1.807, 2.05) is 21.0 Å². The molecule has 0 spiro atoms. The zero-order valence-corrected chi connectivity index (χ0v) is 12.2. The summed E-state index contributed by atoms with van der Waals surface area (Å²) in [6, 6.07) is 0. The summed E-state index contributed by atoms with van der Waals surface area (Å²) >= 11 is 0. The summed E-state index contributed by atoms with van der Waals surface area (Å²) in [6.07, 6.45) is 0. The monoisotopic (exact) mass is 252 g/mol. The SMILES string of the molecule is CNc1nc(C(C)C)nc(N(C)CCOC)c1C. The molecule has 0 atom stereocenters. The molecule has 0 saturated heterocycles. The van der Waals surface area contributed by atoms with Gasteiger partial charge in [-0.05, 0) is 6.92 Å². The summed E-state index contributed by atoms with van der Waals surface area (Å²) in [6.45, 7) is 7.74. The quantitative estimate of drug-likeness (QED) is 0.839. The lowest BCUT2D eigenvalue weighted by Crippen LogP contribution is -2.25. The minimum atomic E-state index is 0.312. The minimum Gasteiger partial charge on any atom is -0.383 e. The lowest BCUT2D eigenvalue weighted by Gasteiger charge is -2.22. The molecule has 0 aliphatic carbocycles. The lowest BCUT2D eigenvalue weighted by atomic mass is 10.2. The molecule has 5 nitrogen and oxygen atoms in total. The standard InChI is InChI=1S/C13H24N4O/c1-9(2)11-15-12(14-4)10(3)13(16-11)17(5)7-8-18-6/h9H,7-8H2,1-6H3,(H,14,15,16). The summed E-state index contributed by atoms with van der Waals surface area (Å²) in [5.74, 6) is 3.04. The Labute approximate surface area is 110 Å². The third kappa shape index (κ3) is 3.32. The average Bonchev–Trinajstić information content (AvgIpc) is 2.35. The van der Waals surface area contributed by atoms with Crippen LogP contribution in [0.4, 0.5) is 11.6 Å². The van der Waals surface area contributed by atoms with Crippen LogP contribution in [-0.4, -0.2) is 44.3 Å². The first kappa shape index (κ1) is 14.7. The molecule has 5 heteroatoms. The fourth-order valence-electron chi connectivity index (χ4n) is 1.73. The molecule has 0 amide bonds. The van der Waals surface area contributed by atoms with Gasteiger partial charge in [-0.25, -0.2) is 9.97 Å². The minimum absolute atomic E-state index is 0.312. The molecule has 18 heavy (non-hydrogen) atoms. The first-order valence-corrected chi connectivity index (χ1v) is 6.27. The number of nitrogens with zero attached hydrogens (tertiary/aromatic N) is 3. The molecular formula is C13H24N4O. The van der Waals surface area contributed by atoms with Gasteiger partial charge in [-0.3, -0.25) is 0 Å². The highest BCUT2D eigenvalue weighted by atomic mass is 16.5. The Morgan fingerprint density at radius 1 is 1.33 bits per heavy atom. The van der Waals surface area contributed by atoms with E-state index in [1.54, 1.807) is 7.11 Å². The molecule has 0 aliphatic rings. The van der Waals surface area contributed by atoms with Gasteiger partial charge in [0.2, 0.25) is 0 Å². The van der Waals surface area contributed by atoms with Gasteiger partial charge in [0.15, 0.2) is 0 Å². The van der Waals surface area contributed by atoms with Crippen LogP contribution in [0, 0.1) is 6.92 Å². The summed E-state index contributed by atoms with van der Waals surface area (Å²) in [5, 5.41) is 3.13. The van der Waals surface area contributed by atoms with E-state index in [-0.39, 0.29) is 0 Å². The van der Waals surface area contributed by atoms with E-state index in [4.69, 9.17) is 4.74 Å². The van der Waals surface area contributed by atoms with Gasteiger partial charge in [0.25, 0.3) is 0 Å². The second-order valence-electron chi connectivity index (χ2n) is 4.70. The Morgan fingerprint density at radius 3 is 2.50 bits per heavy atom. The van der Waals surface area contributed by atoms with Gasteiger partial charge in [0.1, 0.15) is 17.5 Å². The van der Waals surface area contributed by atoms with Crippen molar-refractivity contribution in [3.63, 3.8) is 0 Å². The molecule has 0 radical (unpaired) electrons. The highest BCUT2D eigenvalue weighted by Gasteiger charge is 2.15. The first-order valence-electron chi connectivity index (χ1n) is 6.27. The number of methoxy groups -OCH3 is 1. The third-order valence-corrected chi connectivity index (χ3v) is 2.88. The van der Waals surface area contributed by atoms with Crippen molar-refractivity contribution in [2.75, 3.05) is 44.6 Å². The number of nitrogens with one attached hydrogen (secondary N) is 1. The van der Waals surface area contributed by atoms with Crippen LogP contribution >= 0.6 is 0 Å². The summed E-state index contributed by atoms with van der Waals surface area (Å²) in [7, 11) is 5.62. The largest absolute Gasteiger partial charge is 0.383 e. The fourth-order valence-corrected chi connectivity index (χ4v) is 1.73. The Kier molecular flexibility index (Phi) is 5.34. The van der Waals surface area contributed by atoms with E-state index in [0.29, 0.717) is 12.5 Å². The van der Waals surface area contributed by atoms with E-state index in [0.717, 1.165) is 29.6 Å².